The van der Waals surface area contributed by atoms with E-state index < -0.39 is 13.9 Å². The van der Waals surface area contributed by atoms with Crippen molar-refractivity contribution in [3.63, 3.8) is 0 Å². The van der Waals surface area contributed by atoms with Gasteiger partial charge < -0.3 is 19.8 Å². The Kier molecular flexibility index (Phi) is 7.17. The highest BCUT2D eigenvalue weighted by molar-refractivity contribution is 6.99. The van der Waals surface area contributed by atoms with Crippen LogP contribution in [-0.2, 0) is 9.16 Å². The predicted octanol–water partition coefficient (Wildman–Crippen LogP) is 3.90. The Hall–Kier alpha value is -2.15. The van der Waals surface area contributed by atoms with Gasteiger partial charge in [0.15, 0.2) is 0 Å². The zero-order valence-corrected chi connectivity index (χ0v) is 21.3. The first-order chi connectivity index (χ1) is 15.0. The summed E-state index contributed by atoms with van der Waals surface area (Å²) in [7, 11) is -2.69. The fourth-order valence-corrected chi connectivity index (χ4v) is 9.35. The van der Waals surface area contributed by atoms with Gasteiger partial charge in [-0.3, -0.25) is 0 Å². The van der Waals surface area contributed by atoms with Crippen LogP contribution in [0.1, 0.15) is 48.0 Å². The SMILES string of the molecule is CC(C)(C)OC(=O)N1CC(O[Si](c2ccccc2)(c2ccccc2)C(C)(C)C)CC1CN. The number of carbonyl (C=O) groups is 1. The molecule has 0 spiro atoms. The van der Waals surface area contributed by atoms with Gasteiger partial charge in [0.05, 0.1) is 6.10 Å². The van der Waals surface area contributed by atoms with Gasteiger partial charge in [0, 0.05) is 19.1 Å². The van der Waals surface area contributed by atoms with Gasteiger partial charge in [-0.1, -0.05) is 81.4 Å². The molecular formula is C26H38N2O3Si. The van der Waals surface area contributed by atoms with Crippen molar-refractivity contribution in [1.29, 1.82) is 0 Å². The maximum absolute atomic E-state index is 12.9. The summed E-state index contributed by atoms with van der Waals surface area (Å²) in [6.07, 6.45) is 0.282. The number of hydrogen-bond donors (Lipinski definition) is 1. The summed E-state index contributed by atoms with van der Waals surface area (Å²) in [6.45, 7) is 13.3. The van der Waals surface area contributed by atoms with Crippen molar-refractivity contribution < 1.29 is 14.0 Å². The van der Waals surface area contributed by atoms with Crippen LogP contribution in [0.5, 0.6) is 0 Å². The number of nitrogens with two attached hydrogens (primary N) is 1. The van der Waals surface area contributed by atoms with E-state index in [1.807, 2.05) is 32.9 Å². The molecule has 2 aromatic rings. The fraction of sp³-hybridized carbons (Fsp3) is 0.500. The molecule has 1 heterocycles. The normalized spacial score (nSPS) is 19.8. The summed E-state index contributed by atoms with van der Waals surface area (Å²) in [5.41, 5.74) is 5.52. The number of carbonyl (C=O) groups excluding carboxylic acids is 1. The van der Waals surface area contributed by atoms with Crippen LogP contribution in [0.25, 0.3) is 0 Å². The summed E-state index contributed by atoms with van der Waals surface area (Å²) >= 11 is 0. The van der Waals surface area contributed by atoms with Crippen molar-refractivity contribution in [1.82, 2.24) is 4.90 Å². The van der Waals surface area contributed by atoms with Gasteiger partial charge in [-0.05, 0) is 42.6 Å². The molecule has 1 amide bonds. The fourth-order valence-electron chi connectivity index (χ4n) is 4.67. The molecule has 0 aromatic heterocycles. The number of likely N-dealkylation sites (tertiary alicyclic amines) is 1. The Morgan fingerprint density at radius 2 is 1.47 bits per heavy atom. The maximum atomic E-state index is 12.9. The molecule has 1 aliphatic rings. The highest BCUT2D eigenvalue weighted by Crippen LogP contribution is 2.39. The largest absolute Gasteiger partial charge is 0.444 e. The average molecular weight is 455 g/mol. The molecule has 1 fully saturated rings. The summed E-state index contributed by atoms with van der Waals surface area (Å²) in [6, 6.07) is 21.1. The van der Waals surface area contributed by atoms with E-state index >= 15 is 0 Å². The molecular weight excluding hydrogens is 416 g/mol. The average Bonchev–Trinajstić information content (AvgIpc) is 3.14. The predicted molar refractivity (Wildman–Crippen MR) is 133 cm³/mol. The minimum atomic E-state index is -2.69. The first kappa shape index (κ1) is 24.5. The molecule has 1 saturated heterocycles. The van der Waals surface area contributed by atoms with Gasteiger partial charge in [0.1, 0.15) is 5.60 Å². The van der Waals surface area contributed by atoms with Gasteiger partial charge in [0.2, 0.25) is 0 Å². The van der Waals surface area contributed by atoms with Crippen molar-refractivity contribution in [3.8, 4) is 0 Å². The first-order valence-corrected chi connectivity index (χ1v) is 13.4. The number of rotatable bonds is 5. The van der Waals surface area contributed by atoms with E-state index in [2.05, 4.69) is 69.3 Å². The molecule has 32 heavy (non-hydrogen) atoms. The number of nitrogens with zero attached hydrogens (tertiary/aromatic N) is 1. The molecule has 5 nitrogen and oxygen atoms in total. The van der Waals surface area contributed by atoms with Crippen LogP contribution in [-0.4, -0.2) is 50.1 Å². The standard InChI is InChI=1S/C26H38N2O3Si/c1-25(2,3)30-24(29)28-19-21(17-20(28)18-27)31-32(26(4,5)6,22-13-9-7-10-14-22)23-15-11-8-12-16-23/h7-16,20-21H,17-19,27H2,1-6H3. The van der Waals surface area contributed by atoms with Crippen LogP contribution in [0, 0.1) is 0 Å². The lowest BCUT2D eigenvalue weighted by Gasteiger charge is -2.44. The molecule has 2 aromatic carbocycles. The van der Waals surface area contributed by atoms with Gasteiger partial charge in [0.25, 0.3) is 8.32 Å². The topological polar surface area (TPSA) is 64.8 Å². The number of amides is 1. The van der Waals surface area contributed by atoms with Crippen molar-refractivity contribution in [2.45, 2.75) is 70.7 Å². The van der Waals surface area contributed by atoms with Gasteiger partial charge in [-0.15, -0.1) is 0 Å². The lowest BCUT2D eigenvalue weighted by atomic mass is 10.2. The van der Waals surface area contributed by atoms with E-state index in [0.717, 1.165) is 0 Å². The monoisotopic (exact) mass is 454 g/mol. The van der Waals surface area contributed by atoms with Crippen LogP contribution < -0.4 is 16.1 Å². The molecule has 0 radical (unpaired) electrons. The van der Waals surface area contributed by atoms with E-state index in [9.17, 15) is 4.79 Å². The second-order valence-electron chi connectivity index (χ2n) is 10.7. The zero-order chi connectivity index (χ0) is 23.6. The Morgan fingerprint density at radius 1 is 0.969 bits per heavy atom. The number of benzene rings is 2. The van der Waals surface area contributed by atoms with Gasteiger partial charge in [-0.2, -0.15) is 0 Å². The summed E-state index contributed by atoms with van der Waals surface area (Å²) in [5, 5.41) is 2.35. The van der Waals surface area contributed by atoms with Crippen molar-refractivity contribution in [3.05, 3.63) is 60.7 Å². The Balaban J connectivity index is 2.00. The lowest BCUT2D eigenvalue weighted by molar-refractivity contribution is 0.0216. The van der Waals surface area contributed by atoms with E-state index in [1.54, 1.807) is 4.90 Å². The quantitative estimate of drug-likeness (QED) is 0.696. The molecule has 174 valence electrons. The van der Waals surface area contributed by atoms with E-state index in [1.165, 1.54) is 10.4 Å². The van der Waals surface area contributed by atoms with Crippen molar-refractivity contribution >= 4 is 24.8 Å². The molecule has 2 N–H and O–H groups in total. The third-order valence-electron chi connectivity index (χ3n) is 6.04. The lowest BCUT2D eigenvalue weighted by Crippen LogP contribution is -2.67. The Labute approximate surface area is 194 Å². The second-order valence-corrected chi connectivity index (χ2v) is 14.9. The van der Waals surface area contributed by atoms with Gasteiger partial charge >= 0.3 is 6.09 Å². The summed E-state index contributed by atoms with van der Waals surface area (Å²) in [5.74, 6) is 0. The minimum absolute atomic E-state index is 0.0898. The first-order valence-electron chi connectivity index (χ1n) is 11.5. The molecule has 2 unspecified atom stereocenters. The van der Waals surface area contributed by atoms with Crippen molar-refractivity contribution in [2.75, 3.05) is 13.1 Å². The van der Waals surface area contributed by atoms with Gasteiger partial charge in [-0.25, -0.2) is 4.79 Å². The molecule has 6 heteroatoms. The Bertz CT molecular complexity index is 851. The molecule has 0 aliphatic carbocycles. The molecule has 1 aliphatic heterocycles. The van der Waals surface area contributed by atoms with Crippen molar-refractivity contribution in [2.24, 2.45) is 5.73 Å². The minimum Gasteiger partial charge on any atom is -0.444 e. The van der Waals surface area contributed by atoms with Crippen LogP contribution >= 0.6 is 0 Å². The smallest absolute Gasteiger partial charge is 0.410 e. The second kappa shape index (κ2) is 9.38. The third kappa shape index (κ3) is 5.08. The van der Waals surface area contributed by atoms with Crippen LogP contribution in [0.4, 0.5) is 4.79 Å². The Morgan fingerprint density at radius 3 is 1.88 bits per heavy atom. The molecule has 3 rings (SSSR count). The summed E-state index contributed by atoms with van der Waals surface area (Å²) in [4.78, 5) is 14.6. The molecule has 0 bridgehead atoms. The third-order valence-corrected chi connectivity index (χ3v) is 11.1. The highest BCUT2D eigenvalue weighted by atomic mass is 28.4. The van der Waals surface area contributed by atoms with Crippen LogP contribution in [0.15, 0.2) is 60.7 Å². The van der Waals surface area contributed by atoms with E-state index in [-0.39, 0.29) is 23.3 Å². The van der Waals surface area contributed by atoms with E-state index in [0.29, 0.717) is 19.5 Å². The molecule has 2 atom stereocenters. The summed E-state index contributed by atoms with van der Waals surface area (Å²) < 4.78 is 12.9. The van der Waals surface area contributed by atoms with Crippen LogP contribution in [0.3, 0.4) is 0 Å². The maximum Gasteiger partial charge on any atom is 0.410 e. The highest BCUT2D eigenvalue weighted by Gasteiger charge is 2.53. The number of hydrogen-bond acceptors (Lipinski definition) is 4. The van der Waals surface area contributed by atoms with Crippen LogP contribution in [0.2, 0.25) is 5.04 Å². The zero-order valence-electron chi connectivity index (χ0n) is 20.3. The van der Waals surface area contributed by atoms with E-state index in [4.69, 9.17) is 14.9 Å². The molecule has 0 saturated carbocycles. The number of ether oxygens (including phenoxy) is 1.